The van der Waals surface area contributed by atoms with Crippen molar-refractivity contribution >= 4 is 0 Å². The topological polar surface area (TPSA) is 21.3 Å². The van der Waals surface area contributed by atoms with Crippen LogP contribution in [0.15, 0.2) is 24.3 Å². The maximum absolute atomic E-state index is 5.53. The number of nitrogens with one attached hydrogen (secondary N) is 1. The van der Waals surface area contributed by atoms with Gasteiger partial charge in [-0.15, -0.1) is 6.42 Å². The van der Waals surface area contributed by atoms with Crippen molar-refractivity contribution < 1.29 is 4.74 Å². The Morgan fingerprint density at radius 1 is 1.40 bits per heavy atom. The van der Waals surface area contributed by atoms with Crippen molar-refractivity contribution in [3.8, 4) is 18.1 Å². The van der Waals surface area contributed by atoms with Crippen LogP contribution in [0.5, 0.6) is 5.75 Å². The molecule has 0 saturated heterocycles. The van der Waals surface area contributed by atoms with Gasteiger partial charge in [-0.1, -0.05) is 24.1 Å². The van der Waals surface area contributed by atoms with Gasteiger partial charge in [0.1, 0.15) is 5.75 Å². The molecule has 15 heavy (non-hydrogen) atoms. The van der Waals surface area contributed by atoms with Crippen LogP contribution in [-0.2, 0) is 6.42 Å². The van der Waals surface area contributed by atoms with Crippen molar-refractivity contribution in [1.82, 2.24) is 5.32 Å². The highest BCUT2D eigenvalue weighted by molar-refractivity contribution is 5.33. The van der Waals surface area contributed by atoms with E-state index in [0.717, 1.165) is 18.7 Å². The van der Waals surface area contributed by atoms with Crippen molar-refractivity contribution in [2.75, 3.05) is 19.7 Å². The molecule has 80 valence electrons. The number of hydrogen-bond donors (Lipinski definition) is 1. The molecule has 0 radical (unpaired) electrons. The fraction of sp³-hybridized carbons (Fsp3) is 0.385. The zero-order chi connectivity index (χ0) is 10.9. The molecule has 0 aliphatic carbocycles. The lowest BCUT2D eigenvalue weighted by atomic mass is 10.1. The first-order valence-electron chi connectivity index (χ1n) is 5.23. The third-order valence-electron chi connectivity index (χ3n) is 2.07. The second-order valence-electron chi connectivity index (χ2n) is 3.17. The maximum Gasteiger partial charge on any atom is 0.122 e. The third kappa shape index (κ3) is 4.05. The molecule has 0 saturated carbocycles. The zero-order valence-corrected chi connectivity index (χ0v) is 9.12. The summed E-state index contributed by atoms with van der Waals surface area (Å²) < 4.78 is 5.53. The minimum Gasteiger partial charge on any atom is -0.494 e. The molecule has 1 N–H and O–H groups in total. The Morgan fingerprint density at radius 3 is 2.93 bits per heavy atom. The second-order valence-corrected chi connectivity index (χ2v) is 3.17. The SMILES string of the molecule is C#CCNCCc1ccccc1OCC. The van der Waals surface area contributed by atoms with Gasteiger partial charge in [-0.2, -0.15) is 0 Å². The van der Waals surface area contributed by atoms with E-state index in [1.54, 1.807) is 0 Å². The standard InChI is InChI=1S/C13H17NO/c1-3-10-14-11-9-12-7-5-6-8-13(12)15-4-2/h1,5-8,14H,4,9-11H2,2H3. The van der Waals surface area contributed by atoms with Crippen LogP contribution in [0, 0.1) is 12.3 Å². The molecule has 0 heterocycles. The number of rotatable bonds is 6. The molecule has 1 rings (SSSR count). The van der Waals surface area contributed by atoms with Crippen molar-refractivity contribution in [3.63, 3.8) is 0 Å². The molecule has 0 unspecified atom stereocenters. The van der Waals surface area contributed by atoms with Gasteiger partial charge in [-0.3, -0.25) is 0 Å². The van der Waals surface area contributed by atoms with Crippen LogP contribution >= 0.6 is 0 Å². The van der Waals surface area contributed by atoms with Crippen LogP contribution in [0.4, 0.5) is 0 Å². The van der Waals surface area contributed by atoms with E-state index >= 15 is 0 Å². The molecular weight excluding hydrogens is 186 g/mol. The Kier molecular flexibility index (Phi) is 5.35. The molecule has 0 spiro atoms. The van der Waals surface area contributed by atoms with E-state index in [9.17, 15) is 0 Å². The number of ether oxygens (including phenoxy) is 1. The molecule has 2 heteroatoms. The molecular formula is C13H17NO. The normalized spacial score (nSPS) is 9.60. The summed E-state index contributed by atoms with van der Waals surface area (Å²) in [4.78, 5) is 0. The van der Waals surface area contributed by atoms with E-state index in [1.165, 1.54) is 5.56 Å². The Bertz CT molecular complexity index is 328. The van der Waals surface area contributed by atoms with Gasteiger partial charge in [-0.05, 0) is 25.0 Å². The first kappa shape index (κ1) is 11.6. The third-order valence-corrected chi connectivity index (χ3v) is 2.07. The summed E-state index contributed by atoms with van der Waals surface area (Å²) in [6.07, 6.45) is 6.09. The molecule has 0 aliphatic rings. The van der Waals surface area contributed by atoms with Gasteiger partial charge >= 0.3 is 0 Å². The minimum atomic E-state index is 0.622. The molecule has 1 aromatic carbocycles. The van der Waals surface area contributed by atoms with Gasteiger partial charge in [0.25, 0.3) is 0 Å². The molecule has 0 aromatic heterocycles. The molecule has 0 amide bonds. The lowest BCUT2D eigenvalue weighted by molar-refractivity contribution is 0.336. The zero-order valence-electron chi connectivity index (χ0n) is 9.12. The Morgan fingerprint density at radius 2 is 2.20 bits per heavy atom. The largest absolute Gasteiger partial charge is 0.494 e. The van der Waals surface area contributed by atoms with Gasteiger partial charge in [0, 0.05) is 6.54 Å². The van der Waals surface area contributed by atoms with Gasteiger partial charge in [0.15, 0.2) is 0 Å². The van der Waals surface area contributed by atoms with E-state index in [4.69, 9.17) is 11.2 Å². The Labute approximate surface area is 91.6 Å². The van der Waals surface area contributed by atoms with E-state index in [2.05, 4.69) is 17.3 Å². The second kappa shape index (κ2) is 6.92. The van der Waals surface area contributed by atoms with E-state index in [0.29, 0.717) is 13.2 Å². The summed E-state index contributed by atoms with van der Waals surface area (Å²) in [5.41, 5.74) is 1.23. The highest BCUT2D eigenvalue weighted by atomic mass is 16.5. The summed E-state index contributed by atoms with van der Waals surface area (Å²) in [6.45, 7) is 4.20. The molecule has 0 atom stereocenters. The first-order chi connectivity index (χ1) is 7.38. The quantitative estimate of drug-likeness (QED) is 0.563. The monoisotopic (exact) mass is 203 g/mol. The summed E-state index contributed by atoms with van der Waals surface area (Å²) in [5.74, 6) is 3.53. The Hall–Kier alpha value is -1.46. The fourth-order valence-corrected chi connectivity index (χ4v) is 1.39. The number of terminal acetylenes is 1. The van der Waals surface area contributed by atoms with Crippen molar-refractivity contribution in [2.24, 2.45) is 0 Å². The van der Waals surface area contributed by atoms with Crippen molar-refractivity contribution in [3.05, 3.63) is 29.8 Å². The summed E-state index contributed by atoms with van der Waals surface area (Å²) in [6, 6.07) is 8.10. The van der Waals surface area contributed by atoms with Gasteiger partial charge in [0.2, 0.25) is 0 Å². The average molecular weight is 203 g/mol. The van der Waals surface area contributed by atoms with Gasteiger partial charge < -0.3 is 10.1 Å². The number of hydrogen-bond acceptors (Lipinski definition) is 2. The van der Waals surface area contributed by atoms with Crippen LogP contribution < -0.4 is 10.1 Å². The lowest BCUT2D eigenvalue weighted by Crippen LogP contribution is -2.17. The van der Waals surface area contributed by atoms with Crippen LogP contribution in [0.3, 0.4) is 0 Å². The molecule has 0 aliphatic heterocycles. The van der Waals surface area contributed by atoms with Crippen LogP contribution in [0.2, 0.25) is 0 Å². The molecule has 1 aromatic rings. The van der Waals surface area contributed by atoms with E-state index in [-0.39, 0.29) is 0 Å². The van der Waals surface area contributed by atoms with Crippen LogP contribution in [0.25, 0.3) is 0 Å². The maximum atomic E-state index is 5.53. The van der Waals surface area contributed by atoms with Gasteiger partial charge in [-0.25, -0.2) is 0 Å². The fourth-order valence-electron chi connectivity index (χ4n) is 1.39. The highest BCUT2D eigenvalue weighted by Crippen LogP contribution is 2.17. The average Bonchev–Trinajstić information content (AvgIpc) is 2.27. The first-order valence-corrected chi connectivity index (χ1v) is 5.23. The lowest BCUT2D eigenvalue weighted by Gasteiger charge is -2.09. The smallest absolute Gasteiger partial charge is 0.122 e. The predicted octanol–water partition coefficient (Wildman–Crippen LogP) is 1.85. The van der Waals surface area contributed by atoms with E-state index in [1.807, 2.05) is 25.1 Å². The minimum absolute atomic E-state index is 0.622. The number of para-hydroxylation sites is 1. The van der Waals surface area contributed by atoms with Crippen molar-refractivity contribution in [2.45, 2.75) is 13.3 Å². The Balaban J connectivity index is 2.48. The van der Waals surface area contributed by atoms with Crippen molar-refractivity contribution in [1.29, 1.82) is 0 Å². The summed E-state index contributed by atoms with van der Waals surface area (Å²) in [7, 11) is 0. The van der Waals surface area contributed by atoms with Gasteiger partial charge in [0.05, 0.1) is 13.2 Å². The summed E-state index contributed by atoms with van der Waals surface area (Å²) in [5, 5.41) is 3.16. The number of benzene rings is 1. The predicted molar refractivity (Wildman–Crippen MR) is 63.0 cm³/mol. The van der Waals surface area contributed by atoms with Crippen LogP contribution in [0.1, 0.15) is 12.5 Å². The summed E-state index contributed by atoms with van der Waals surface area (Å²) >= 11 is 0. The highest BCUT2D eigenvalue weighted by Gasteiger charge is 2.00. The van der Waals surface area contributed by atoms with E-state index < -0.39 is 0 Å². The molecule has 0 fully saturated rings. The molecule has 0 bridgehead atoms. The molecule has 2 nitrogen and oxygen atoms in total. The van der Waals surface area contributed by atoms with Crippen LogP contribution in [-0.4, -0.2) is 19.7 Å².